The maximum atomic E-state index is 10.3. The van der Waals surface area contributed by atoms with Crippen LogP contribution in [-0.2, 0) is 4.79 Å². The number of amides is 1. The number of hydrogen-bond acceptors (Lipinski definition) is 3. The summed E-state index contributed by atoms with van der Waals surface area (Å²) in [6.45, 7) is 0.0575. The van der Waals surface area contributed by atoms with Crippen LogP contribution >= 0.6 is 0 Å². The van der Waals surface area contributed by atoms with Crippen LogP contribution in [0.15, 0.2) is 12.2 Å². The number of primary amides is 1. The molecule has 0 radical (unpaired) electrons. The smallest absolute Gasteiger partial charge is 0.238 e. The maximum Gasteiger partial charge on any atom is 0.238 e. The van der Waals surface area contributed by atoms with Gasteiger partial charge in [-0.05, 0) is 6.42 Å². The van der Waals surface area contributed by atoms with Crippen LogP contribution in [0.1, 0.15) is 6.42 Å². The number of nitrogens with two attached hydrogens (primary N) is 2. The van der Waals surface area contributed by atoms with Crippen molar-refractivity contribution in [2.45, 2.75) is 12.5 Å². The molecule has 0 fully saturated rings. The van der Waals surface area contributed by atoms with Crippen molar-refractivity contribution in [3.8, 4) is 0 Å². The zero-order valence-electron chi connectivity index (χ0n) is 5.66. The first-order valence-corrected chi connectivity index (χ1v) is 3.01. The van der Waals surface area contributed by atoms with Crippen molar-refractivity contribution in [2.75, 3.05) is 6.61 Å². The van der Waals surface area contributed by atoms with Gasteiger partial charge in [-0.15, -0.1) is 0 Å². The van der Waals surface area contributed by atoms with Crippen molar-refractivity contribution in [3.05, 3.63) is 12.2 Å². The van der Waals surface area contributed by atoms with E-state index in [2.05, 4.69) is 0 Å². The molecule has 0 saturated carbocycles. The number of aliphatic hydroxyl groups is 1. The Morgan fingerprint density at radius 3 is 2.70 bits per heavy atom. The highest BCUT2D eigenvalue weighted by Gasteiger charge is 2.01. The number of carbonyl (C=O) groups excluding carboxylic acids is 1. The van der Waals surface area contributed by atoms with E-state index in [4.69, 9.17) is 16.6 Å². The van der Waals surface area contributed by atoms with Gasteiger partial charge in [0.2, 0.25) is 5.91 Å². The minimum absolute atomic E-state index is 0.0575. The molecule has 0 bridgehead atoms. The van der Waals surface area contributed by atoms with Gasteiger partial charge < -0.3 is 16.6 Å². The zero-order valence-corrected chi connectivity index (χ0v) is 5.66. The zero-order chi connectivity index (χ0) is 7.98. The van der Waals surface area contributed by atoms with Crippen LogP contribution in [0.2, 0.25) is 0 Å². The first kappa shape index (κ1) is 9.13. The van der Waals surface area contributed by atoms with Gasteiger partial charge in [-0.25, -0.2) is 0 Å². The van der Waals surface area contributed by atoms with E-state index in [1.807, 2.05) is 0 Å². The fraction of sp³-hybridized carbons (Fsp3) is 0.500. The summed E-state index contributed by atoms with van der Waals surface area (Å²) in [5, 5.41) is 8.31. The lowest BCUT2D eigenvalue weighted by Crippen LogP contribution is -2.34. The molecule has 58 valence electrons. The van der Waals surface area contributed by atoms with Gasteiger partial charge in [-0.1, -0.05) is 12.2 Å². The topological polar surface area (TPSA) is 89.3 Å². The Morgan fingerprint density at radius 1 is 1.70 bits per heavy atom. The van der Waals surface area contributed by atoms with Gasteiger partial charge in [0.25, 0.3) is 0 Å². The van der Waals surface area contributed by atoms with Crippen molar-refractivity contribution < 1.29 is 9.90 Å². The van der Waals surface area contributed by atoms with Crippen molar-refractivity contribution in [3.63, 3.8) is 0 Å². The lowest BCUT2D eigenvalue weighted by atomic mass is 10.2. The van der Waals surface area contributed by atoms with Crippen molar-refractivity contribution in [1.82, 2.24) is 0 Å². The van der Waals surface area contributed by atoms with Crippen molar-refractivity contribution in [1.29, 1.82) is 0 Å². The van der Waals surface area contributed by atoms with Gasteiger partial charge in [0.05, 0.1) is 0 Å². The molecule has 1 unspecified atom stereocenters. The third-order valence-electron chi connectivity index (χ3n) is 0.968. The molecule has 5 N–H and O–H groups in total. The molecule has 4 heteroatoms. The summed E-state index contributed by atoms with van der Waals surface area (Å²) < 4.78 is 0. The Labute approximate surface area is 59.5 Å². The van der Waals surface area contributed by atoms with E-state index in [0.29, 0.717) is 6.42 Å². The Morgan fingerprint density at radius 2 is 2.30 bits per heavy atom. The summed E-state index contributed by atoms with van der Waals surface area (Å²) in [5.74, 6) is -0.561. The van der Waals surface area contributed by atoms with Crippen LogP contribution in [0.4, 0.5) is 0 Å². The summed E-state index contributed by atoms with van der Waals surface area (Å²) in [6.07, 6.45) is 3.59. The third kappa shape index (κ3) is 4.05. The summed E-state index contributed by atoms with van der Waals surface area (Å²) in [7, 11) is 0. The van der Waals surface area contributed by atoms with Crippen LogP contribution in [0.3, 0.4) is 0 Å². The standard InChI is InChI=1S/C6H12N2O2/c7-5(6(8)10)3-1-2-4-9/h1,3,5,9H,2,4,7H2,(H2,8,10)/b3-1-. The summed E-state index contributed by atoms with van der Waals surface area (Å²) in [6, 6.07) is -0.730. The highest BCUT2D eigenvalue weighted by Crippen LogP contribution is 1.84. The van der Waals surface area contributed by atoms with E-state index in [1.54, 1.807) is 6.08 Å². The Kier molecular flexibility index (Phi) is 4.53. The Balaban J connectivity index is 3.55. The van der Waals surface area contributed by atoms with Gasteiger partial charge >= 0.3 is 0 Å². The number of hydrogen-bond donors (Lipinski definition) is 3. The summed E-state index contributed by atoms with van der Waals surface area (Å²) in [4.78, 5) is 10.3. The minimum Gasteiger partial charge on any atom is -0.396 e. The number of rotatable bonds is 4. The van der Waals surface area contributed by atoms with Crippen molar-refractivity contribution in [2.24, 2.45) is 11.5 Å². The van der Waals surface area contributed by atoms with Gasteiger partial charge in [-0.2, -0.15) is 0 Å². The van der Waals surface area contributed by atoms with Gasteiger partial charge in [0, 0.05) is 6.61 Å². The van der Waals surface area contributed by atoms with E-state index < -0.39 is 11.9 Å². The van der Waals surface area contributed by atoms with E-state index in [0.717, 1.165) is 0 Å². The van der Waals surface area contributed by atoms with Gasteiger partial charge in [0.15, 0.2) is 0 Å². The Bertz CT molecular complexity index is 134. The molecule has 1 atom stereocenters. The fourth-order valence-corrected chi connectivity index (χ4v) is 0.412. The molecule has 0 rings (SSSR count). The molecule has 0 aromatic carbocycles. The average Bonchev–Trinajstić information content (AvgIpc) is 1.88. The number of carbonyl (C=O) groups is 1. The second-order valence-electron chi connectivity index (χ2n) is 1.87. The molecular weight excluding hydrogens is 132 g/mol. The van der Waals surface area contributed by atoms with E-state index in [1.165, 1.54) is 6.08 Å². The second kappa shape index (κ2) is 4.96. The van der Waals surface area contributed by atoms with Crippen molar-refractivity contribution >= 4 is 5.91 Å². The first-order valence-electron chi connectivity index (χ1n) is 3.01. The lowest BCUT2D eigenvalue weighted by Gasteiger charge is -1.97. The van der Waals surface area contributed by atoms with E-state index in [-0.39, 0.29) is 6.61 Å². The highest BCUT2D eigenvalue weighted by atomic mass is 16.2. The number of aliphatic hydroxyl groups excluding tert-OH is 1. The molecule has 0 aliphatic heterocycles. The average molecular weight is 144 g/mol. The maximum absolute atomic E-state index is 10.3. The highest BCUT2D eigenvalue weighted by molar-refractivity contribution is 5.81. The quantitative estimate of drug-likeness (QED) is 0.430. The van der Waals surface area contributed by atoms with Crippen LogP contribution in [0.25, 0.3) is 0 Å². The molecule has 0 saturated heterocycles. The molecule has 0 aliphatic carbocycles. The van der Waals surface area contributed by atoms with Gasteiger partial charge in [0.1, 0.15) is 6.04 Å². The molecule has 1 amide bonds. The summed E-state index contributed by atoms with van der Waals surface area (Å²) in [5.41, 5.74) is 10.1. The molecule has 0 spiro atoms. The molecular formula is C6H12N2O2. The predicted molar refractivity (Wildman–Crippen MR) is 38.0 cm³/mol. The predicted octanol–water partition coefficient (Wildman–Crippen LogP) is -1.26. The van der Waals surface area contributed by atoms with Gasteiger partial charge in [-0.3, -0.25) is 4.79 Å². The molecule has 0 heterocycles. The SMILES string of the molecule is NC(=O)C(N)/C=C\CCO. The Hall–Kier alpha value is -0.870. The molecule has 0 aromatic heterocycles. The molecule has 10 heavy (non-hydrogen) atoms. The van der Waals surface area contributed by atoms with Crippen LogP contribution in [-0.4, -0.2) is 23.7 Å². The van der Waals surface area contributed by atoms with Crippen LogP contribution < -0.4 is 11.5 Å². The second-order valence-corrected chi connectivity index (χ2v) is 1.87. The normalized spacial score (nSPS) is 13.8. The lowest BCUT2D eigenvalue weighted by molar-refractivity contribution is -0.118. The third-order valence-corrected chi connectivity index (χ3v) is 0.968. The monoisotopic (exact) mass is 144 g/mol. The molecule has 0 aromatic rings. The first-order chi connectivity index (χ1) is 4.68. The fourth-order valence-electron chi connectivity index (χ4n) is 0.412. The van der Waals surface area contributed by atoms with E-state index in [9.17, 15) is 4.79 Å². The van der Waals surface area contributed by atoms with Crippen LogP contribution in [0.5, 0.6) is 0 Å². The molecule has 0 aliphatic rings. The summed E-state index contributed by atoms with van der Waals surface area (Å²) >= 11 is 0. The largest absolute Gasteiger partial charge is 0.396 e. The van der Waals surface area contributed by atoms with Crippen LogP contribution in [0, 0.1) is 0 Å². The molecule has 4 nitrogen and oxygen atoms in total. The minimum atomic E-state index is -0.730. The van der Waals surface area contributed by atoms with E-state index >= 15 is 0 Å².